The minimum absolute atomic E-state index is 0.0569. The minimum Gasteiger partial charge on any atom is -0.356 e. The Morgan fingerprint density at radius 3 is 2.42 bits per heavy atom. The van der Waals surface area contributed by atoms with Crippen molar-refractivity contribution in [3.05, 3.63) is 81.6 Å². The molecule has 0 saturated carbocycles. The van der Waals surface area contributed by atoms with Crippen LogP contribution in [0, 0.1) is 0 Å². The number of nitrogens with one attached hydrogen (secondary N) is 2. The summed E-state index contributed by atoms with van der Waals surface area (Å²) in [6.07, 6.45) is 0.964. The molecule has 0 amide bonds. The first kappa shape index (κ1) is 24.9. The summed E-state index contributed by atoms with van der Waals surface area (Å²) >= 11 is 5.84. The van der Waals surface area contributed by atoms with E-state index in [0.29, 0.717) is 11.7 Å². The smallest absolute Gasteiger partial charge is 0.253 e. The van der Waals surface area contributed by atoms with Gasteiger partial charge in [-0.05, 0) is 73.4 Å². The lowest BCUT2D eigenvalue weighted by Gasteiger charge is -2.30. The molecule has 33 heavy (non-hydrogen) atoms. The van der Waals surface area contributed by atoms with Gasteiger partial charge in [-0.15, -0.1) is 0 Å². The molecule has 0 aliphatic rings. The van der Waals surface area contributed by atoms with Crippen LogP contribution in [-0.4, -0.2) is 46.1 Å². The zero-order valence-corrected chi connectivity index (χ0v) is 21.0. The molecule has 0 spiro atoms. The fraction of sp³-hybridized carbons (Fsp3) is 0.407. The molecule has 0 saturated heterocycles. The van der Waals surface area contributed by atoms with Gasteiger partial charge in [-0.25, -0.2) is 0 Å². The van der Waals surface area contributed by atoms with E-state index in [9.17, 15) is 4.79 Å². The van der Waals surface area contributed by atoms with Crippen molar-refractivity contribution in [2.45, 2.75) is 46.7 Å². The first-order chi connectivity index (χ1) is 15.9. The number of benzene rings is 2. The second-order valence-electron chi connectivity index (χ2n) is 8.43. The highest BCUT2D eigenvalue weighted by Gasteiger charge is 2.17. The highest BCUT2D eigenvalue weighted by Crippen LogP contribution is 2.16. The van der Waals surface area contributed by atoms with Crippen molar-refractivity contribution in [2.75, 3.05) is 26.2 Å². The van der Waals surface area contributed by atoms with Crippen LogP contribution in [0.5, 0.6) is 0 Å². The van der Waals surface area contributed by atoms with Crippen molar-refractivity contribution < 1.29 is 0 Å². The molecule has 5 nitrogen and oxygen atoms in total. The standard InChI is InChI=1S/C27H36N4OS/c1-5-21-13-14-25-23(17-21)18-24(26(32)29-25)19-31(16-15-30(6-2)7-3)27(33)28-20(4)22-11-9-8-10-12-22/h8-14,17-18,20H,5-7,15-16,19H2,1-4H3,(H,28,33)(H,29,32)/t20-/m1/s1. The Morgan fingerprint density at radius 2 is 1.76 bits per heavy atom. The molecule has 0 fully saturated rings. The minimum atomic E-state index is -0.0569. The SMILES string of the molecule is CCc1ccc2[nH]c(=O)c(CN(CCN(CC)CC)C(=S)N[C@H](C)c3ccccc3)cc2c1. The molecule has 3 aromatic rings. The zero-order valence-electron chi connectivity index (χ0n) is 20.2. The van der Waals surface area contributed by atoms with E-state index in [4.69, 9.17) is 12.2 Å². The third-order valence-electron chi connectivity index (χ3n) is 6.26. The largest absolute Gasteiger partial charge is 0.356 e. The van der Waals surface area contributed by atoms with Crippen LogP contribution in [-0.2, 0) is 13.0 Å². The maximum absolute atomic E-state index is 12.9. The fourth-order valence-corrected chi connectivity index (χ4v) is 4.33. The van der Waals surface area contributed by atoms with Gasteiger partial charge in [0.25, 0.3) is 5.56 Å². The van der Waals surface area contributed by atoms with Gasteiger partial charge in [-0.3, -0.25) is 4.79 Å². The van der Waals surface area contributed by atoms with Gasteiger partial charge in [0.2, 0.25) is 0 Å². The average molecular weight is 465 g/mol. The van der Waals surface area contributed by atoms with Gasteiger partial charge in [-0.1, -0.05) is 57.2 Å². The predicted octanol–water partition coefficient (Wildman–Crippen LogP) is 4.87. The molecular weight excluding hydrogens is 428 g/mol. The van der Waals surface area contributed by atoms with Crippen LogP contribution in [0.3, 0.4) is 0 Å². The van der Waals surface area contributed by atoms with Crippen LogP contribution in [0.25, 0.3) is 10.9 Å². The predicted molar refractivity (Wildman–Crippen MR) is 143 cm³/mol. The molecule has 1 atom stereocenters. The summed E-state index contributed by atoms with van der Waals surface area (Å²) in [5.74, 6) is 0. The molecule has 0 bridgehead atoms. The molecule has 176 valence electrons. The summed E-state index contributed by atoms with van der Waals surface area (Å²) in [4.78, 5) is 20.4. The monoisotopic (exact) mass is 464 g/mol. The Balaban J connectivity index is 1.84. The highest BCUT2D eigenvalue weighted by molar-refractivity contribution is 7.80. The van der Waals surface area contributed by atoms with Gasteiger partial charge in [-0.2, -0.15) is 0 Å². The van der Waals surface area contributed by atoms with Gasteiger partial charge in [0.1, 0.15) is 0 Å². The highest BCUT2D eigenvalue weighted by atomic mass is 32.1. The van der Waals surface area contributed by atoms with Crippen LogP contribution in [0.2, 0.25) is 0 Å². The van der Waals surface area contributed by atoms with Gasteiger partial charge < -0.3 is 20.1 Å². The quantitative estimate of drug-likeness (QED) is 0.419. The molecule has 2 N–H and O–H groups in total. The van der Waals surface area contributed by atoms with Crippen LogP contribution < -0.4 is 10.9 Å². The van der Waals surface area contributed by atoms with Gasteiger partial charge in [0.05, 0.1) is 12.6 Å². The fourth-order valence-electron chi connectivity index (χ4n) is 4.00. The second kappa shape index (κ2) is 12.0. The van der Waals surface area contributed by atoms with E-state index in [2.05, 4.69) is 72.1 Å². The Kier molecular flexibility index (Phi) is 9.03. The molecule has 6 heteroatoms. The van der Waals surface area contributed by atoms with Crippen molar-refractivity contribution in [1.82, 2.24) is 20.1 Å². The number of pyridine rings is 1. The second-order valence-corrected chi connectivity index (χ2v) is 8.82. The number of fused-ring (bicyclic) bond motifs is 1. The molecule has 1 aromatic heterocycles. The van der Waals surface area contributed by atoms with Crippen molar-refractivity contribution in [3.63, 3.8) is 0 Å². The number of hydrogen-bond donors (Lipinski definition) is 2. The molecule has 0 unspecified atom stereocenters. The first-order valence-electron chi connectivity index (χ1n) is 11.9. The number of hydrogen-bond acceptors (Lipinski definition) is 3. The lowest BCUT2D eigenvalue weighted by atomic mass is 10.1. The van der Waals surface area contributed by atoms with Gasteiger partial charge in [0.15, 0.2) is 5.11 Å². The van der Waals surface area contributed by atoms with E-state index in [0.717, 1.165) is 49.1 Å². The van der Waals surface area contributed by atoms with E-state index in [1.54, 1.807) is 0 Å². The van der Waals surface area contributed by atoms with E-state index in [1.807, 2.05) is 30.3 Å². The number of rotatable bonds is 10. The number of H-pyrrole nitrogens is 1. The summed E-state index contributed by atoms with van der Waals surface area (Å²) in [5.41, 5.74) is 3.98. The maximum atomic E-state index is 12.9. The summed E-state index contributed by atoms with van der Waals surface area (Å²) in [7, 11) is 0. The molecule has 2 aromatic carbocycles. The number of aromatic nitrogens is 1. The molecule has 0 aliphatic carbocycles. The number of aryl methyl sites for hydroxylation is 1. The van der Waals surface area contributed by atoms with Crippen LogP contribution >= 0.6 is 12.2 Å². The normalized spacial score (nSPS) is 12.2. The Bertz CT molecular complexity index is 1110. The molecule has 0 aliphatic heterocycles. The van der Waals surface area contributed by atoms with Crippen LogP contribution in [0.1, 0.15) is 50.4 Å². The molecular formula is C27H36N4OS. The van der Waals surface area contributed by atoms with Gasteiger partial charge >= 0.3 is 0 Å². The van der Waals surface area contributed by atoms with E-state index in [-0.39, 0.29) is 11.6 Å². The summed E-state index contributed by atoms with van der Waals surface area (Å²) in [6.45, 7) is 12.7. The summed E-state index contributed by atoms with van der Waals surface area (Å²) in [6, 6.07) is 18.6. The van der Waals surface area contributed by atoms with E-state index >= 15 is 0 Å². The molecule has 0 radical (unpaired) electrons. The third-order valence-corrected chi connectivity index (χ3v) is 6.64. The van der Waals surface area contributed by atoms with Crippen molar-refractivity contribution in [3.8, 4) is 0 Å². The van der Waals surface area contributed by atoms with Crippen LogP contribution in [0.15, 0.2) is 59.4 Å². The zero-order chi connectivity index (χ0) is 23.8. The lowest BCUT2D eigenvalue weighted by Crippen LogP contribution is -2.44. The Labute approximate surface area is 202 Å². The number of nitrogens with zero attached hydrogens (tertiary/aromatic N) is 2. The van der Waals surface area contributed by atoms with Gasteiger partial charge in [0, 0.05) is 24.2 Å². The number of aromatic amines is 1. The van der Waals surface area contributed by atoms with Crippen LogP contribution in [0.4, 0.5) is 0 Å². The molecule has 3 rings (SSSR count). The van der Waals surface area contributed by atoms with Crippen molar-refractivity contribution in [2.24, 2.45) is 0 Å². The van der Waals surface area contributed by atoms with Crippen molar-refractivity contribution in [1.29, 1.82) is 0 Å². The number of thiocarbonyl (C=S) groups is 1. The first-order valence-corrected chi connectivity index (χ1v) is 12.3. The summed E-state index contributed by atoms with van der Waals surface area (Å²) < 4.78 is 0. The summed E-state index contributed by atoms with van der Waals surface area (Å²) in [5, 5.41) is 5.20. The van der Waals surface area contributed by atoms with E-state index < -0.39 is 0 Å². The maximum Gasteiger partial charge on any atom is 0.253 e. The number of likely N-dealkylation sites (N-methyl/N-ethyl adjacent to an activating group) is 1. The van der Waals surface area contributed by atoms with E-state index in [1.165, 1.54) is 11.1 Å². The third kappa shape index (κ3) is 6.65. The average Bonchev–Trinajstić information content (AvgIpc) is 2.84. The Morgan fingerprint density at radius 1 is 1.03 bits per heavy atom. The molecule has 1 heterocycles. The Hall–Kier alpha value is -2.70. The van der Waals surface area contributed by atoms with Crippen molar-refractivity contribution >= 4 is 28.2 Å². The lowest BCUT2D eigenvalue weighted by molar-refractivity contribution is 0.262. The topological polar surface area (TPSA) is 51.4 Å².